The van der Waals surface area contributed by atoms with E-state index < -0.39 is 17.7 Å². The van der Waals surface area contributed by atoms with E-state index in [1.807, 2.05) is 0 Å². The third-order valence-electron chi connectivity index (χ3n) is 3.30. The van der Waals surface area contributed by atoms with Crippen molar-refractivity contribution in [1.82, 2.24) is 5.32 Å². The van der Waals surface area contributed by atoms with Gasteiger partial charge in [0.05, 0.1) is 11.7 Å². The minimum atomic E-state index is -1.32. The fourth-order valence-corrected chi connectivity index (χ4v) is 2.11. The van der Waals surface area contributed by atoms with Gasteiger partial charge in [0, 0.05) is 12.6 Å². The maximum absolute atomic E-state index is 13.5. The van der Waals surface area contributed by atoms with E-state index in [0.717, 1.165) is 12.1 Å². The van der Waals surface area contributed by atoms with Crippen molar-refractivity contribution in [3.63, 3.8) is 0 Å². The summed E-state index contributed by atoms with van der Waals surface area (Å²) in [7, 11) is 0. The standard InChI is InChI=1S/C16H16F3NO/c1-10(11-4-2-5-12(17)8-11)20-9-15(21)16-13(18)6-3-7-14(16)19/h2-8,10,15,20-21H,9H2,1H3. The van der Waals surface area contributed by atoms with Crippen LogP contribution in [-0.4, -0.2) is 11.7 Å². The van der Waals surface area contributed by atoms with Gasteiger partial charge in [-0.05, 0) is 36.8 Å². The second kappa shape index (κ2) is 6.74. The van der Waals surface area contributed by atoms with Crippen LogP contribution in [0.3, 0.4) is 0 Å². The highest BCUT2D eigenvalue weighted by molar-refractivity contribution is 5.23. The molecule has 0 amide bonds. The third kappa shape index (κ3) is 3.83. The topological polar surface area (TPSA) is 32.3 Å². The van der Waals surface area contributed by atoms with Crippen LogP contribution in [0.5, 0.6) is 0 Å². The lowest BCUT2D eigenvalue weighted by Crippen LogP contribution is -2.25. The second-order valence-corrected chi connectivity index (χ2v) is 4.84. The molecule has 2 N–H and O–H groups in total. The fourth-order valence-electron chi connectivity index (χ4n) is 2.11. The Hall–Kier alpha value is -1.85. The van der Waals surface area contributed by atoms with E-state index in [1.165, 1.54) is 18.2 Å². The minimum Gasteiger partial charge on any atom is -0.387 e. The Morgan fingerprint density at radius 3 is 2.29 bits per heavy atom. The SMILES string of the molecule is CC(NCC(O)c1c(F)cccc1F)c1cccc(F)c1. The smallest absolute Gasteiger partial charge is 0.131 e. The molecule has 2 atom stereocenters. The Kier molecular flexibility index (Phi) is 4.98. The summed E-state index contributed by atoms with van der Waals surface area (Å²) in [5.74, 6) is -1.94. The van der Waals surface area contributed by atoms with Crippen LogP contribution in [0.15, 0.2) is 42.5 Å². The Labute approximate surface area is 121 Å². The molecule has 2 nitrogen and oxygen atoms in total. The molecule has 0 spiro atoms. The molecule has 0 aliphatic heterocycles. The van der Waals surface area contributed by atoms with Crippen molar-refractivity contribution in [3.05, 3.63) is 71.0 Å². The van der Waals surface area contributed by atoms with Gasteiger partial charge in [0.2, 0.25) is 0 Å². The number of hydrogen-bond donors (Lipinski definition) is 2. The summed E-state index contributed by atoms with van der Waals surface area (Å²) >= 11 is 0. The molecule has 0 fully saturated rings. The second-order valence-electron chi connectivity index (χ2n) is 4.84. The lowest BCUT2D eigenvalue weighted by atomic mass is 10.1. The monoisotopic (exact) mass is 295 g/mol. The Bertz CT molecular complexity index is 598. The summed E-state index contributed by atoms with van der Waals surface area (Å²) < 4.78 is 40.2. The summed E-state index contributed by atoms with van der Waals surface area (Å²) in [6.07, 6.45) is -1.32. The van der Waals surface area contributed by atoms with Crippen LogP contribution >= 0.6 is 0 Å². The lowest BCUT2D eigenvalue weighted by molar-refractivity contribution is 0.161. The van der Waals surface area contributed by atoms with E-state index in [2.05, 4.69) is 5.32 Å². The van der Waals surface area contributed by atoms with Crippen molar-refractivity contribution in [2.75, 3.05) is 6.54 Å². The van der Waals surface area contributed by atoms with Gasteiger partial charge in [-0.2, -0.15) is 0 Å². The zero-order valence-electron chi connectivity index (χ0n) is 11.5. The number of hydrogen-bond acceptors (Lipinski definition) is 2. The van der Waals surface area contributed by atoms with E-state index in [1.54, 1.807) is 19.1 Å². The lowest BCUT2D eigenvalue weighted by Gasteiger charge is -2.18. The van der Waals surface area contributed by atoms with Crippen molar-refractivity contribution in [2.45, 2.75) is 19.1 Å². The number of benzene rings is 2. The molecule has 0 saturated carbocycles. The number of halogens is 3. The summed E-state index contributed by atoms with van der Waals surface area (Å²) in [5, 5.41) is 12.8. The molecule has 2 aromatic rings. The number of nitrogens with one attached hydrogen (secondary N) is 1. The highest BCUT2D eigenvalue weighted by Gasteiger charge is 2.18. The Morgan fingerprint density at radius 1 is 1.05 bits per heavy atom. The average Bonchev–Trinajstić information content (AvgIpc) is 2.44. The van der Waals surface area contributed by atoms with Gasteiger partial charge in [-0.3, -0.25) is 0 Å². The molecule has 0 radical (unpaired) electrons. The van der Waals surface area contributed by atoms with Crippen molar-refractivity contribution < 1.29 is 18.3 Å². The van der Waals surface area contributed by atoms with Gasteiger partial charge < -0.3 is 10.4 Å². The highest BCUT2D eigenvalue weighted by Crippen LogP contribution is 2.21. The van der Waals surface area contributed by atoms with Gasteiger partial charge in [-0.25, -0.2) is 13.2 Å². The molecule has 0 aliphatic carbocycles. The van der Waals surface area contributed by atoms with Gasteiger partial charge in [0.1, 0.15) is 17.5 Å². The zero-order chi connectivity index (χ0) is 15.4. The molecular weight excluding hydrogens is 279 g/mol. The molecule has 2 aromatic carbocycles. The minimum absolute atomic E-state index is 0.0461. The first kappa shape index (κ1) is 15.5. The van der Waals surface area contributed by atoms with E-state index in [4.69, 9.17) is 0 Å². The summed E-state index contributed by atoms with van der Waals surface area (Å²) in [4.78, 5) is 0. The van der Waals surface area contributed by atoms with E-state index in [9.17, 15) is 18.3 Å². The van der Waals surface area contributed by atoms with Crippen LogP contribution in [0.4, 0.5) is 13.2 Å². The molecule has 0 aliphatic rings. The number of aliphatic hydroxyl groups is 1. The first-order valence-electron chi connectivity index (χ1n) is 6.60. The predicted molar refractivity (Wildman–Crippen MR) is 74.1 cm³/mol. The third-order valence-corrected chi connectivity index (χ3v) is 3.30. The molecule has 21 heavy (non-hydrogen) atoms. The van der Waals surface area contributed by atoms with Crippen LogP contribution in [0.1, 0.15) is 30.2 Å². The van der Waals surface area contributed by atoms with Gasteiger partial charge in [-0.15, -0.1) is 0 Å². The number of rotatable bonds is 5. The van der Waals surface area contributed by atoms with E-state index in [0.29, 0.717) is 5.56 Å². The van der Waals surface area contributed by atoms with Crippen LogP contribution in [0.2, 0.25) is 0 Å². The molecule has 2 unspecified atom stereocenters. The van der Waals surface area contributed by atoms with Crippen LogP contribution in [0.25, 0.3) is 0 Å². The summed E-state index contributed by atoms with van der Waals surface area (Å²) in [5.41, 5.74) is 0.327. The molecular formula is C16H16F3NO. The summed E-state index contributed by atoms with van der Waals surface area (Å²) in [6.45, 7) is 1.73. The maximum Gasteiger partial charge on any atom is 0.131 e. The van der Waals surface area contributed by atoms with Crippen molar-refractivity contribution in [2.24, 2.45) is 0 Å². The van der Waals surface area contributed by atoms with Crippen LogP contribution in [0, 0.1) is 17.5 Å². The molecule has 112 valence electrons. The first-order valence-corrected chi connectivity index (χ1v) is 6.60. The molecule has 0 heterocycles. The van der Waals surface area contributed by atoms with Gasteiger partial charge in [-0.1, -0.05) is 18.2 Å². The molecule has 0 bridgehead atoms. The first-order chi connectivity index (χ1) is 9.99. The van der Waals surface area contributed by atoms with Gasteiger partial charge in [0.15, 0.2) is 0 Å². The molecule has 0 saturated heterocycles. The maximum atomic E-state index is 13.5. The predicted octanol–water partition coefficient (Wildman–Crippen LogP) is 3.49. The highest BCUT2D eigenvalue weighted by atomic mass is 19.1. The van der Waals surface area contributed by atoms with Crippen molar-refractivity contribution in [1.29, 1.82) is 0 Å². The van der Waals surface area contributed by atoms with Crippen molar-refractivity contribution >= 4 is 0 Å². The summed E-state index contributed by atoms with van der Waals surface area (Å²) in [6, 6.07) is 9.18. The Balaban J connectivity index is 2.02. The van der Waals surface area contributed by atoms with E-state index in [-0.39, 0.29) is 24.0 Å². The van der Waals surface area contributed by atoms with Crippen LogP contribution < -0.4 is 5.32 Å². The van der Waals surface area contributed by atoms with Gasteiger partial charge in [0.25, 0.3) is 0 Å². The normalized spacial score (nSPS) is 14.0. The van der Waals surface area contributed by atoms with Gasteiger partial charge >= 0.3 is 0 Å². The Morgan fingerprint density at radius 2 is 1.67 bits per heavy atom. The quantitative estimate of drug-likeness (QED) is 0.885. The van der Waals surface area contributed by atoms with Crippen LogP contribution in [-0.2, 0) is 0 Å². The number of aliphatic hydroxyl groups excluding tert-OH is 1. The van der Waals surface area contributed by atoms with E-state index >= 15 is 0 Å². The molecule has 2 rings (SSSR count). The average molecular weight is 295 g/mol. The van der Waals surface area contributed by atoms with Crippen molar-refractivity contribution in [3.8, 4) is 0 Å². The zero-order valence-corrected chi connectivity index (χ0v) is 11.5. The fraction of sp³-hybridized carbons (Fsp3) is 0.250. The largest absolute Gasteiger partial charge is 0.387 e. The molecule has 0 aromatic heterocycles. The molecule has 5 heteroatoms.